The topological polar surface area (TPSA) is 106 Å². The maximum Gasteiger partial charge on any atom is 0.291 e. The lowest BCUT2D eigenvalue weighted by atomic mass is 10.0. The van der Waals surface area contributed by atoms with Gasteiger partial charge < -0.3 is 9.88 Å². The van der Waals surface area contributed by atoms with Crippen molar-refractivity contribution in [3.63, 3.8) is 0 Å². The van der Waals surface area contributed by atoms with Crippen LogP contribution in [0.1, 0.15) is 44.9 Å². The molecule has 0 aliphatic heterocycles. The van der Waals surface area contributed by atoms with Gasteiger partial charge in [0.2, 0.25) is 0 Å². The van der Waals surface area contributed by atoms with Crippen molar-refractivity contribution in [3.8, 4) is 0 Å². The third-order valence-corrected chi connectivity index (χ3v) is 5.60. The molecule has 1 amide bonds. The van der Waals surface area contributed by atoms with Gasteiger partial charge in [-0.3, -0.25) is 19.7 Å². The van der Waals surface area contributed by atoms with Crippen molar-refractivity contribution < 1.29 is 9.59 Å². The van der Waals surface area contributed by atoms with Gasteiger partial charge in [-0.25, -0.2) is 4.98 Å². The minimum Gasteiger partial charge on any atom is -0.327 e. The third kappa shape index (κ3) is 4.63. The number of aryl methyl sites for hydroxylation is 1. The number of carbonyl (C=O) groups is 2. The second kappa shape index (κ2) is 9.56. The number of rotatable bonds is 7. The van der Waals surface area contributed by atoms with Gasteiger partial charge in [0.1, 0.15) is 0 Å². The summed E-state index contributed by atoms with van der Waals surface area (Å²) in [6.07, 6.45) is 8.85. The summed E-state index contributed by atoms with van der Waals surface area (Å²) in [4.78, 5) is 34.2. The summed E-state index contributed by atoms with van der Waals surface area (Å²) < 4.78 is 1.75. The highest BCUT2D eigenvalue weighted by Crippen LogP contribution is 2.22. The van der Waals surface area contributed by atoms with Crippen LogP contribution in [0.2, 0.25) is 0 Å². The van der Waals surface area contributed by atoms with E-state index in [4.69, 9.17) is 0 Å². The SMILES string of the molecule is CCn1ccnc1C(=O)Nc1cccc(C(=O)c2ccc3c(C=Cc4ccccn4)n[nH]c3c2)c1. The molecule has 8 nitrogen and oxygen atoms in total. The summed E-state index contributed by atoms with van der Waals surface area (Å²) in [5.41, 5.74) is 3.87. The molecule has 3 aromatic heterocycles. The van der Waals surface area contributed by atoms with Gasteiger partial charge in [-0.15, -0.1) is 0 Å². The second-order valence-corrected chi connectivity index (χ2v) is 7.86. The zero-order valence-electron chi connectivity index (χ0n) is 19.0. The molecular formula is C27H22N6O2. The summed E-state index contributed by atoms with van der Waals surface area (Å²) in [7, 11) is 0. The Labute approximate surface area is 201 Å². The van der Waals surface area contributed by atoms with Gasteiger partial charge in [0.15, 0.2) is 11.6 Å². The van der Waals surface area contributed by atoms with Crippen LogP contribution in [0.15, 0.2) is 79.3 Å². The van der Waals surface area contributed by atoms with Gasteiger partial charge in [0, 0.05) is 47.3 Å². The molecule has 5 aromatic rings. The average molecular weight is 463 g/mol. The molecule has 0 spiro atoms. The van der Waals surface area contributed by atoms with Gasteiger partial charge >= 0.3 is 0 Å². The maximum atomic E-state index is 13.2. The first-order valence-corrected chi connectivity index (χ1v) is 11.2. The number of imidazole rings is 1. The van der Waals surface area contributed by atoms with Crippen molar-refractivity contribution in [1.29, 1.82) is 0 Å². The van der Waals surface area contributed by atoms with E-state index in [9.17, 15) is 9.59 Å². The molecule has 0 aliphatic rings. The molecule has 0 saturated heterocycles. The van der Waals surface area contributed by atoms with Crippen molar-refractivity contribution in [2.45, 2.75) is 13.5 Å². The lowest BCUT2D eigenvalue weighted by Gasteiger charge is -2.08. The van der Waals surface area contributed by atoms with E-state index in [0.717, 1.165) is 22.3 Å². The molecule has 0 bridgehead atoms. The zero-order chi connectivity index (χ0) is 24.2. The number of amides is 1. The summed E-state index contributed by atoms with van der Waals surface area (Å²) in [6.45, 7) is 2.58. The molecule has 172 valence electrons. The molecule has 0 fully saturated rings. The highest BCUT2D eigenvalue weighted by atomic mass is 16.2. The minimum absolute atomic E-state index is 0.154. The lowest BCUT2D eigenvalue weighted by molar-refractivity contribution is 0.101. The minimum atomic E-state index is -0.327. The molecule has 2 N–H and O–H groups in total. The number of hydrogen-bond donors (Lipinski definition) is 2. The van der Waals surface area contributed by atoms with Gasteiger partial charge in [0.25, 0.3) is 5.91 Å². The monoisotopic (exact) mass is 462 g/mol. The van der Waals surface area contributed by atoms with Crippen LogP contribution < -0.4 is 5.32 Å². The first-order chi connectivity index (χ1) is 17.1. The van der Waals surface area contributed by atoms with Gasteiger partial charge in [0.05, 0.1) is 16.9 Å². The number of nitrogens with zero attached hydrogens (tertiary/aromatic N) is 4. The molecule has 0 saturated carbocycles. The van der Waals surface area contributed by atoms with Crippen molar-refractivity contribution in [1.82, 2.24) is 24.7 Å². The number of aromatic amines is 1. The number of H-pyrrole nitrogens is 1. The summed E-state index contributed by atoms with van der Waals surface area (Å²) >= 11 is 0. The largest absolute Gasteiger partial charge is 0.327 e. The smallest absolute Gasteiger partial charge is 0.291 e. The van der Waals surface area contributed by atoms with Crippen LogP contribution in [0.4, 0.5) is 5.69 Å². The quantitative estimate of drug-likeness (QED) is 0.337. The molecule has 35 heavy (non-hydrogen) atoms. The Morgan fingerprint density at radius 1 is 0.971 bits per heavy atom. The van der Waals surface area contributed by atoms with E-state index in [-0.39, 0.29) is 11.7 Å². The lowest BCUT2D eigenvalue weighted by Crippen LogP contribution is -2.18. The molecule has 0 radical (unpaired) electrons. The standard InChI is InChI=1S/C27H22N6O2/c1-2-33-15-14-29-26(33)27(35)30-21-8-5-6-18(16-21)25(34)19-9-11-22-23(31-32-24(22)17-19)12-10-20-7-3-4-13-28-20/h3-17H,2H2,1H3,(H,30,35)(H,31,32). The molecule has 0 atom stereocenters. The van der Waals surface area contributed by atoms with Crippen LogP contribution in [0, 0.1) is 0 Å². The van der Waals surface area contributed by atoms with E-state index in [1.54, 1.807) is 59.6 Å². The van der Waals surface area contributed by atoms with Crippen LogP contribution in [-0.4, -0.2) is 36.4 Å². The number of fused-ring (bicyclic) bond motifs is 1. The number of anilines is 1. The average Bonchev–Trinajstić information content (AvgIpc) is 3.54. The van der Waals surface area contributed by atoms with Gasteiger partial charge in [-0.05, 0) is 55.5 Å². The Morgan fingerprint density at radius 3 is 2.69 bits per heavy atom. The number of ketones is 1. The Hall–Kier alpha value is -4.85. The van der Waals surface area contributed by atoms with Crippen molar-refractivity contribution in [2.75, 3.05) is 5.32 Å². The van der Waals surface area contributed by atoms with Crippen LogP contribution >= 0.6 is 0 Å². The zero-order valence-corrected chi connectivity index (χ0v) is 19.0. The van der Waals surface area contributed by atoms with Crippen LogP contribution in [0.5, 0.6) is 0 Å². The van der Waals surface area contributed by atoms with E-state index in [1.165, 1.54) is 0 Å². The van der Waals surface area contributed by atoms with Crippen molar-refractivity contribution in [2.24, 2.45) is 0 Å². The molecule has 0 aliphatic carbocycles. The summed E-state index contributed by atoms with van der Waals surface area (Å²) in [5, 5.41) is 11.1. The van der Waals surface area contributed by atoms with E-state index >= 15 is 0 Å². The van der Waals surface area contributed by atoms with Gasteiger partial charge in [-0.2, -0.15) is 5.10 Å². The van der Waals surface area contributed by atoms with E-state index in [0.29, 0.717) is 29.2 Å². The van der Waals surface area contributed by atoms with Crippen molar-refractivity contribution >= 4 is 40.4 Å². The summed E-state index contributed by atoms with van der Waals surface area (Å²) in [5.74, 6) is -0.160. The number of hydrogen-bond acceptors (Lipinski definition) is 5. The number of nitrogens with one attached hydrogen (secondary N) is 2. The van der Waals surface area contributed by atoms with E-state index in [2.05, 4.69) is 25.5 Å². The Morgan fingerprint density at radius 2 is 1.86 bits per heavy atom. The highest BCUT2D eigenvalue weighted by Gasteiger charge is 2.15. The first-order valence-electron chi connectivity index (χ1n) is 11.2. The fraction of sp³-hybridized carbons (Fsp3) is 0.0741. The van der Waals surface area contributed by atoms with Crippen LogP contribution in [0.3, 0.4) is 0 Å². The number of aromatic nitrogens is 5. The summed E-state index contributed by atoms with van der Waals surface area (Å²) in [6, 6.07) is 18.0. The number of carbonyl (C=O) groups excluding carboxylic acids is 2. The van der Waals surface area contributed by atoms with Gasteiger partial charge in [-0.1, -0.05) is 24.3 Å². The highest BCUT2D eigenvalue weighted by molar-refractivity contribution is 6.11. The molecule has 3 heterocycles. The Balaban J connectivity index is 1.35. The molecule has 8 heteroatoms. The molecule has 0 unspecified atom stereocenters. The van der Waals surface area contributed by atoms with Crippen molar-refractivity contribution in [3.05, 3.63) is 108 Å². The molecular weight excluding hydrogens is 440 g/mol. The predicted molar refractivity (Wildman–Crippen MR) is 135 cm³/mol. The fourth-order valence-corrected chi connectivity index (χ4v) is 3.81. The van der Waals surface area contributed by atoms with E-state index in [1.807, 2.05) is 43.3 Å². The normalized spacial score (nSPS) is 11.2. The second-order valence-electron chi connectivity index (χ2n) is 7.86. The molecule has 2 aromatic carbocycles. The first kappa shape index (κ1) is 22.0. The molecule has 5 rings (SSSR count). The third-order valence-electron chi connectivity index (χ3n) is 5.60. The number of pyridine rings is 1. The number of benzene rings is 2. The fourth-order valence-electron chi connectivity index (χ4n) is 3.81. The predicted octanol–water partition coefficient (Wildman–Crippen LogP) is 4.83. The maximum absolute atomic E-state index is 13.2. The Bertz CT molecular complexity index is 1550. The van der Waals surface area contributed by atoms with Crippen LogP contribution in [0.25, 0.3) is 23.1 Å². The van der Waals surface area contributed by atoms with Crippen LogP contribution in [-0.2, 0) is 6.54 Å². The van der Waals surface area contributed by atoms with E-state index < -0.39 is 0 Å². The Kier molecular flexibility index (Phi) is 6.00.